The molecule has 1 amide bonds. The van der Waals surface area contributed by atoms with E-state index in [1.807, 2.05) is 24.3 Å². The Balaban J connectivity index is 1.70. The molecule has 1 aromatic heterocycles. The fourth-order valence-electron chi connectivity index (χ4n) is 1.74. The average Bonchev–Trinajstić information content (AvgIpc) is 2.95. The Morgan fingerprint density at radius 3 is 3.10 bits per heavy atom. The standard InChI is InChI=1S/C15H16BrN3O/c16-13-4-1-3-12(11-13)6-7-15(20)19-8-2-5-14-17-9-10-18-14/h1,3-4,6-7,9-11H,2,5,8H2,(H,17,18)(H,19,20)/b7-6+. The number of aromatic amines is 1. The molecule has 5 heteroatoms. The van der Waals surface area contributed by atoms with Gasteiger partial charge in [-0.3, -0.25) is 4.79 Å². The van der Waals surface area contributed by atoms with E-state index in [-0.39, 0.29) is 5.91 Å². The summed E-state index contributed by atoms with van der Waals surface area (Å²) in [5, 5.41) is 2.85. The van der Waals surface area contributed by atoms with Crippen molar-refractivity contribution in [2.45, 2.75) is 12.8 Å². The van der Waals surface area contributed by atoms with E-state index in [1.54, 1.807) is 24.5 Å². The van der Waals surface area contributed by atoms with Gasteiger partial charge in [0.25, 0.3) is 0 Å². The van der Waals surface area contributed by atoms with E-state index in [0.29, 0.717) is 6.54 Å². The molecule has 2 aromatic rings. The minimum atomic E-state index is -0.0792. The zero-order valence-electron chi connectivity index (χ0n) is 11.0. The third-order valence-electron chi connectivity index (χ3n) is 2.72. The quantitative estimate of drug-likeness (QED) is 0.630. The highest BCUT2D eigenvalue weighted by Crippen LogP contribution is 2.12. The fraction of sp³-hybridized carbons (Fsp3) is 0.200. The molecule has 0 fully saturated rings. The maximum atomic E-state index is 11.6. The number of imidazole rings is 1. The lowest BCUT2D eigenvalue weighted by Gasteiger charge is -2.01. The summed E-state index contributed by atoms with van der Waals surface area (Å²) in [5.41, 5.74) is 0.991. The van der Waals surface area contributed by atoms with E-state index in [2.05, 4.69) is 31.2 Å². The Hall–Kier alpha value is -1.88. The summed E-state index contributed by atoms with van der Waals surface area (Å²) in [7, 11) is 0. The molecule has 0 aliphatic rings. The third kappa shape index (κ3) is 5.01. The van der Waals surface area contributed by atoms with Crippen LogP contribution in [-0.4, -0.2) is 22.4 Å². The molecule has 0 saturated heterocycles. The Morgan fingerprint density at radius 2 is 2.35 bits per heavy atom. The maximum absolute atomic E-state index is 11.6. The number of nitrogens with one attached hydrogen (secondary N) is 2. The van der Waals surface area contributed by atoms with E-state index >= 15 is 0 Å². The summed E-state index contributed by atoms with van der Waals surface area (Å²) < 4.78 is 0.999. The molecule has 20 heavy (non-hydrogen) atoms. The van der Waals surface area contributed by atoms with Gasteiger partial charge in [-0.1, -0.05) is 28.1 Å². The van der Waals surface area contributed by atoms with E-state index in [0.717, 1.165) is 28.7 Å². The van der Waals surface area contributed by atoms with Crippen LogP contribution in [0.5, 0.6) is 0 Å². The first kappa shape index (κ1) is 14.5. The van der Waals surface area contributed by atoms with Gasteiger partial charge in [0, 0.05) is 35.9 Å². The molecule has 0 saturated carbocycles. The first-order valence-corrected chi connectivity index (χ1v) is 7.23. The van der Waals surface area contributed by atoms with Gasteiger partial charge in [0.2, 0.25) is 5.91 Å². The Labute approximate surface area is 126 Å². The predicted molar refractivity (Wildman–Crippen MR) is 83.1 cm³/mol. The van der Waals surface area contributed by atoms with Crippen LogP contribution in [0.1, 0.15) is 17.8 Å². The second-order valence-electron chi connectivity index (χ2n) is 4.32. The highest BCUT2D eigenvalue weighted by atomic mass is 79.9. The van der Waals surface area contributed by atoms with Crippen molar-refractivity contribution in [1.29, 1.82) is 0 Å². The summed E-state index contributed by atoms with van der Waals surface area (Å²) in [6.45, 7) is 0.641. The van der Waals surface area contributed by atoms with Crippen LogP contribution < -0.4 is 5.32 Å². The fourth-order valence-corrected chi connectivity index (χ4v) is 2.16. The molecule has 1 heterocycles. The smallest absolute Gasteiger partial charge is 0.243 e. The number of hydrogen-bond acceptors (Lipinski definition) is 2. The summed E-state index contributed by atoms with van der Waals surface area (Å²) in [4.78, 5) is 18.8. The monoisotopic (exact) mass is 333 g/mol. The van der Waals surface area contributed by atoms with Crippen molar-refractivity contribution in [2.75, 3.05) is 6.54 Å². The molecule has 1 aromatic carbocycles. The van der Waals surface area contributed by atoms with Gasteiger partial charge >= 0.3 is 0 Å². The molecule has 0 aliphatic carbocycles. The number of halogens is 1. The van der Waals surface area contributed by atoms with Crippen molar-refractivity contribution in [2.24, 2.45) is 0 Å². The lowest BCUT2D eigenvalue weighted by atomic mass is 10.2. The Bertz CT molecular complexity index is 579. The highest BCUT2D eigenvalue weighted by Gasteiger charge is 1.97. The Morgan fingerprint density at radius 1 is 1.45 bits per heavy atom. The molecular formula is C15H16BrN3O. The second kappa shape index (κ2) is 7.65. The van der Waals surface area contributed by atoms with E-state index < -0.39 is 0 Å². The number of carbonyl (C=O) groups excluding carboxylic acids is 1. The molecule has 104 valence electrons. The summed E-state index contributed by atoms with van der Waals surface area (Å²) in [6.07, 6.45) is 8.58. The predicted octanol–water partition coefficient (Wildman–Crippen LogP) is 2.93. The van der Waals surface area contributed by atoms with Crippen molar-refractivity contribution in [3.05, 3.63) is 58.6 Å². The van der Waals surface area contributed by atoms with Gasteiger partial charge in [-0.05, 0) is 30.2 Å². The van der Waals surface area contributed by atoms with Gasteiger partial charge in [-0.2, -0.15) is 0 Å². The van der Waals surface area contributed by atoms with E-state index in [1.165, 1.54) is 0 Å². The van der Waals surface area contributed by atoms with Gasteiger partial charge in [0.15, 0.2) is 0 Å². The largest absolute Gasteiger partial charge is 0.353 e. The lowest BCUT2D eigenvalue weighted by Crippen LogP contribution is -2.22. The summed E-state index contributed by atoms with van der Waals surface area (Å²) in [5.74, 6) is 0.869. The van der Waals surface area contributed by atoms with Crippen LogP contribution in [-0.2, 0) is 11.2 Å². The molecule has 0 radical (unpaired) electrons. The van der Waals surface area contributed by atoms with Crippen molar-refractivity contribution < 1.29 is 4.79 Å². The number of nitrogens with zero attached hydrogens (tertiary/aromatic N) is 1. The molecule has 2 N–H and O–H groups in total. The number of hydrogen-bond donors (Lipinski definition) is 2. The summed E-state index contributed by atoms with van der Waals surface area (Å²) in [6, 6.07) is 7.79. The van der Waals surface area contributed by atoms with Gasteiger partial charge in [-0.15, -0.1) is 0 Å². The lowest BCUT2D eigenvalue weighted by molar-refractivity contribution is -0.116. The number of carbonyl (C=O) groups is 1. The van der Waals surface area contributed by atoms with Crippen LogP contribution in [0.2, 0.25) is 0 Å². The zero-order chi connectivity index (χ0) is 14.2. The molecule has 0 spiro atoms. The van der Waals surface area contributed by atoms with Crippen molar-refractivity contribution in [3.8, 4) is 0 Å². The minimum absolute atomic E-state index is 0.0792. The van der Waals surface area contributed by atoms with Gasteiger partial charge < -0.3 is 10.3 Å². The molecule has 0 atom stereocenters. The second-order valence-corrected chi connectivity index (χ2v) is 5.23. The molecule has 0 aliphatic heterocycles. The normalized spacial score (nSPS) is 10.8. The number of aryl methyl sites for hydroxylation is 1. The van der Waals surface area contributed by atoms with Crippen LogP contribution >= 0.6 is 15.9 Å². The molecule has 2 rings (SSSR count). The number of H-pyrrole nitrogens is 1. The number of rotatable bonds is 6. The zero-order valence-corrected chi connectivity index (χ0v) is 12.6. The topological polar surface area (TPSA) is 57.8 Å². The number of benzene rings is 1. The van der Waals surface area contributed by atoms with Gasteiger partial charge in [0.1, 0.15) is 5.82 Å². The van der Waals surface area contributed by atoms with Crippen molar-refractivity contribution in [1.82, 2.24) is 15.3 Å². The minimum Gasteiger partial charge on any atom is -0.353 e. The molecular weight excluding hydrogens is 318 g/mol. The molecule has 0 unspecified atom stereocenters. The first-order chi connectivity index (χ1) is 9.74. The maximum Gasteiger partial charge on any atom is 0.243 e. The van der Waals surface area contributed by atoms with E-state index in [4.69, 9.17) is 0 Å². The SMILES string of the molecule is O=C(/C=C/c1cccc(Br)c1)NCCCc1ncc[nH]1. The average molecular weight is 334 g/mol. The number of aromatic nitrogens is 2. The van der Waals surface area contributed by atoms with Crippen LogP contribution in [0.4, 0.5) is 0 Å². The van der Waals surface area contributed by atoms with Crippen LogP contribution in [0, 0.1) is 0 Å². The molecule has 4 nitrogen and oxygen atoms in total. The van der Waals surface area contributed by atoms with Gasteiger partial charge in [0.05, 0.1) is 0 Å². The highest BCUT2D eigenvalue weighted by molar-refractivity contribution is 9.10. The number of amides is 1. The van der Waals surface area contributed by atoms with Crippen molar-refractivity contribution >= 4 is 27.9 Å². The third-order valence-corrected chi connectivity index (χ3v) is 3.21. The van der Waals surface area contributed by atoms with Gasteiger partial charge in [-0.25, -0.2) is 4.98 Å². The van der Waals surface area contributed by atoms with Crippen LogP contribution in [0.25, 0.3) is 6.08 Å². The summed E-state index contributed by atoms with van der Waals surface area (Å²) >= 11 is 3.40. The van der Waals surface area contributed by atoms with Crippen molar-refractivity contribution in [3.63, 3.8) is 0 Å². The van der Waals surface area contributed by atoms with E-state index in [9.17, 15) is 4.79 Å². The van der Waals surface area contributed by atoms with Crippen LogP contribution in [0.3, 0.4) is 0 Å². The first-order valence-electron chi connectivity index (χ1n) is 6.44. The Kier molecular flexibility index (Phi) is 5.55. The van der Waals surface area contributed by atoms with Crippen LogP contribution in [0.15, 0.2) is 47.2 Å². The molecule has 0 bridgehead atoms.